The zero-order valence-electron chi connectivity index (χ0n) is 12.2. The van der Waals surface area contributed by atoms with Crippen LogP contribution in [0.25, 0.3) is 10.9 Å². The fourth-order valence-corrected chi connectivity index (χ4v) is 2.18. The third kappa shape index (κ3) is 4.33. The van der Waals surface area contributed by atoms with E-state index in [-0.39, 0.29) is 0 Å². The van der Waals surface area contributed by atoms with Crippen molar-refractivity contribution >= 4 is 33.9 Å². The van der Waals surface area contributed by atoms with Gasteiger partial charge in [0.25, 0.3) is 0 Å². The number of H-pyrrole nitrogens is 1. The van der Waals surface area contributed by atoms with Crippen molar-refractivity contribution in [3.8, 4) is 0 Å². The van der Waals surface area contributed by atoms with Gasteiger partial charge < -0.3 is 15.6 Å². The molecule has 21 heavy (non-hydrogen) atoms. The monoisotopic (exact) mass is 297 g/mol. The lowest BCUT2D eigenvalue weighted by Gasteiger charge is -2.11. The molecule has 2 rings (SSSR count). The van der Waals surface area contributed by atoms with Crippen LogP contribution in [-0.4, -0.2) is 10.1 Å². The summed E-state index contributed by atoms with van der Waals surface area (Å²) in [5, 5.41) is 8.10. The van der Waals surface area contributed by atoms with E-state index in [1.807, 2.05) is 68.6 Å². The van der Waals surface area contributed by atoms with Crippen LogP contribution in [0, 0.1) is 0 Å². The molecule has 1 aromatic heterocycles. The lowest BCUT2D eigenvalue weighted by atomic mass is 10.2. The molecule has 4 heteroatoms. The fraction of sp³-hybridized carbons (Fsp3) is 0.118. The highest BCUT2D eigenvalue weighted by Crippen LogP contribution is 2.17. The van der Waals surface area contributed by atoms with Gasteiger partial charge in [0, 0.05) is 28.5 Å². The number of thiocarbonyl (C=S) groups is 1. The van der Waals surface area contributed by atoms with Crippen LogP contribution in [0.2, 0.25) is 0 Å². The molecule has 0 unspecified atom stereocenters. The second-order valence-corrected chi connectivity index (χ2v) is 4.91. The first kappa shape index (κ1) is 15.1. The minimum absolute atomic E-state index is 0.568. The van der Waals surface area contributed by atoms with Crippen LogP contribution in [0.4, 0.5) is 5.69 Å². The van der Waals surface area contributed by atoms with Crippen molar-refractivity contribution in [2.24, 2.45) is 0 Å². The fourth-order valence-electron chi connectivity index (χ4n) is 1.94. The first-order valence-corrected chi connectivity index (χ1v) is 7.24. The molecule has 0 aliphatic carbocycles. The number of allylic oxidation sites excluding steroid dienone is 5. The van der Waals surface area contributed by atoms with Crippen molar-refractivity contribution in [2.75, 3.05) is 5.32 Å². The van der Waals surface area contributed by atoms with Gasteiger partial charge in [-0.1, -0.05) is 18.2 Å². The van der Waals surface area contributed by atoms with Crippen LogP contribution in [0.3, 0.4) is 0 Å². The molecule has 3 N–H and O–H groups in total. The second kappa shape index (κ2) is 7.45. The Hall–Kier alpha value is -2.33. The van der Waals surface area contributed by atoms with E-state index in [1.54, 1.807) is 0 Å². The molecule has 0 amide bonds. The van der Waals surface area contributed by atoms with E-state index in [0.717, 1.165) is 22.3 Å². The lowest BCUT2D eigenvalue weighted by molar-refractivity contribution is 1.19. The van der Waals surface area contributed by atoms with Crippen molar-refractivity contribution in [1.82, 2.24) is 10.3 Å². The van der Waals surface area contributed by atoms with Gasteiger partial charge in [0.05, 0.1) is 0 Å². The Morgan fingerprint density at radius 2 is 2.05 bits per heavy atom. The summed E-state index contributed by atoms with van der Waals surface area (Å²) in [6.45, 7) is 3.95. The summed E-state index contributed by atoms with van der Waals surface area (Å²) in [4.78, 5) is 3.17. The molecule has 0 aliphatic heterocycles. The molecule has 1 aromatic carbocycles. The van der Waals surface area contributed by atoms with Gasteiger partial charge >= 0.3 is 0 Å². The van der Waals surface area contributed by atoms with Crippen LogP contribution in [0.15, 0.2) is 66.5 Å². The highest BCUT2D eigenvalue weighted by molar-refractivity contribution is 7.80. The Kier molecular flexibility index (Phi) is 5.35. The molecular formula is C17H19N3S. The SMILES string of the molecule is C\C=C/C=C(\C=C/C)NC(=S)Nc1ccc2[nH]ccc2c1. The normalized spacial score (nSPS) is 12.4. The van der Waals surface area contributed by atoms with E-state index in [4.69, 9.17) is 12.2 Å². The maximum Gasteiger partial charge on any atom is 0.175 e. The number of hydrogen-bond acceptors (Lipinski definition) is 1. The third-order valence-electron chi connectivity index (χ3n) is 2.88. The number of aromatic amines is 1. The Morgan fingerprint density at radius 1 is 1.19 bits per heavy atom. The predicted molar refractivity (Wildman–Crippen MR) is 95.4 cm³/mol. The average molecular weight is 297 g/mol. The summed E-state index contributed by atoms with van der Waals surface area (Å²) in [7, 11) is 0. The molecule has 2 aromatic rings. The summed E-state index contributed by atoms with van der Waals surface area (Å²) < 4.78 is 0. The molecule has 108 valence electrons. The topological polar surface area (TPSA) is 39.8 Å². The third-order valence-corrected chi connectivity index (χ3v) is 3.09. The van der Waals surface area contributed by atoms with Crippen LogP contribution < -0.4 is 10.6 Å². The molecule has 0 saturated carbocycles. The maximum absolute atomic E-state index is 5.35. The van der Waals surface area contributed by atoms with Gasteiger partial charge in [-0.3, -0.25) is 0 Å². The first-order valence-electron chi connectivity index (χ1n) is 6.83. The second-order valence-electron chi connectivity index (χ2n) is 4.51. The Morgan fingerprint density at radius 3 is 2.81 bits per heavy atom. The molecule has 0 atom stereocenters. The van der Waals surface area contributed by atoms with Crippen LogP contribution in [0.5, 0.6) is 0 Å². The Labute approximate surface area is 130 Å². The number of aromatic nitrogens is 1. The molecule has 1 heterocycles. The van der Waals surface area contributed by atoms with Crippen molar-refractivity contribution < 1.29 is 0 Å². The van der Waals surface area contributed by atoms with Gasteiger partial charge in [0.2, 0.25) is 0 Å². The number of hydrogen-bond donors (Lipinski definition) is 3. The number of benzene rings is 1. The number of rotatable bonds is 4. The first-order chi connectivity index (χ1) is 10.2. The van der Waals surface area contributed by atoms with Crippen molar-refractivity contribution in [3.63, 3.8) is 0 Å². The Bertz CT molecular complexity index is 708. The van der Waals surface area contributed by atoms with E-state index in [9.17, 15) is 0 Å². The van der Waals surface area contributed by atoms with Gasteiger partial charge in [-0.2, -0.15) is 0 Å². The molecule has 0 bridgehead atoms. The van der Waals surface area contributed by atoms with E-state index in [1.165, 1.54) is 0 Å². The zero-order chi connectivity index (χ0) is 15.1. The smallest absolute Gasteiger partial charge is 0.175 e. The zero-order valence-corrected chi connectivity index (χ0v) is 13.0. The van der Waals surface area contributed by atoms with Crippen LogP contribution in [0.1, 0.15) is 13.8 Å². The van der Waals surface area contributed by atoms with Gasteiger partial charge in [-0.15, -0.1) is 0 Å². The standard InChI is InChI=1S/C17H19N3S/c1-3-5-7-14(6-4-2)19-17(21)20-15-8-9-16-13(12-15)10-11-18-16/h3-12,18H,1-2H3,(H2,19,20,21)/b5-3-,6-4-,14-7+. The van der Waals surface area contributed by atoms with Gasteiger partial charge in [-0.25, -0.2) is 0 Å². The summed E-state index contributed by atoms with van der Waals surface area (Å²) in [6, 6.07) is 8.12. The number of nitrogens with one attached hydrogen (secondary N) is 3. The summed E-state index contributed by atoms with van der Waals surface area (Å²) in [5.74, 6) is 0. The molecule has 0 spiro atoms. The van der Waals surface area contributed by atoms with Crippen molar-refractivity contribution in [2.45, 2.75) is 13.8 Å². The predicted octanol–water partition coefficient (Wildman–Crippen LogP) is 4.49. The lowest BCUT2D eigenvalue weighted by Crippen LogP contribution is -2.27. The molecule has 0 fully saturated rings. The largest absolute Gasteiger partial charge is 0.361 e. The van der Waals surface area contributed by atoms with Crippen molar-refractivity contribution in [1.29, 1.82) is 0 Å². The van der Waals surface area contributed by atoms with E-state index >= 15 is 0 Å². The quantitative estimate of drug-likeness (QED) is 0.575. The summed E-state index contributed by atoms with van der Waals surface area (Å²) in [5.41, 5.74) is 3.02. The number of fused-ring (bicyclic) bond motifs is 1. The Balaban J connectivity index is 2.06. The average Bonchev–Trinajstić information content (AvgIpc) is 2.92. The summed E-state index contributed by atoms with van der Waals surface area (Å²) >= 11 is 5.35. The van der Waals surface area contributed by atoms with Gasteiger partial charge in [0.15, 0.2) is 5.11 Å². The van der Waals surface area contributed by atoms with Gasteiger partial charge in [-0.05, 0) is 62.5 Å². The minimum Gasteiger partial charge on any atom is -0.361 e. The summed E-state index contributed by atoms with van der Waals surface area (Å²) in [6.07, 6.45) is 11.8. The van der Waals surface area contributed by atoms with Crippen LogP contribution in [-0.2, 0) is 0 Å². The highest BCUT2D eigenvalue weighted by Gasteiger charge is 2.01. The molecule has 0 saturated heterocycles. The van der Waals surface area contributed by atoms with Gasteiger partial charge in [0.1, 0.15) is 0 Å². The molecular weight excluding hydrogens is 278 g/mol. The van der Waals surface area contributed by atoms with Crippen LogP contribution >= 0.6 is 12.2 Å². The minimum atomic E-state index is 0.568. The maximum atomic E-state index is 5.35. The molecule has 3 nitrogen and oxygen atoms in total. The molecule has 0 radical (unpaired) electrons. The highest BCUT2D eigenvalue weighted by atomic mass is 32.1. The van der Waals surface area contributed by atoms with E-state index in [2.05, 4.69) is 21.7 Å². The number of anilines is 1. The van der Waals surface area contributed by atoms with E-state index in [0.29, 0.717) is 5.11 Å². The van der Waals surface area contributed by atoms with E-state index < -0.39 is 0 Å². The molecule has 0 aliphatic rings. The van der Waals surface area contributed by atoms with Crippen molar-refractivity contribution in [3.05, 3.63) is 66.5 Å².